The first-order valence-corrected chi connectivity index (χ1v) is 9.76. The number of nitrogens with zero attached hydrogens (tertiary/aromatic N) is 2. The molecule has 0 aromatic carbocycles. The normalized spacial score (nSPS) is 31.3. The number of hydrogen-bond acceptors (Lipinski definition) is 3. The summed E-state index contributed by atoms with van der Waals surface area (Å²) in [6, 6.07) is 0.889. The van der Waals surface area contributed by atoms with Gasteiger partial charge in [0.05, 0.1) is 0 Å². The van der Waals surface area contributed by atoms with E-state index in [0.29, 0.717) is 5.25 Å². The Hall–Kier alpha value is -0.420. The van der Waals surface area contributed by atoms with E-state index in [1.54, 1.807) is 0 Å². The van der Waals surface area contributed by atoms with Crippen LogP contribution in [0.4, 0.5) is 4.79 Å². The van der Waals surface area contributed by atoms with Crippen LogP contribution < -0.4 is 5.32 Å². The van der Waals surface area contributed by atoms with E-state index < -0.39 is 0 Å². The van der Waals surface area contributed by atoms with Crippen molar-refractivity contribution in [2.75, 3.05) is 38.5 Å². The summed E-state index contributed by atoms with van der Waals surface area (Å²) in [5.41, 5.74) is 0. The molecule has 0 aromatic heterocycles. The fraction of sp³-hybridized carbons (Fsp3) is 0.938. The van der Waals surface area contributed by atoms with Gasteiger partial charge in [-0.25, -0.2) is 4.79 Å². The third-order valence-corrected chi connectivity index (χ3v) is 6.54. The summed E-state index contributed by atoms with van der Waals surface area (Å²) in [7, 11) is 0. The minimum Gasteiger partial charge on any atom is -0.337 e. The van der Waals surface area contributed by atoms with E-state index in [1.807, 2.05) is 11.8 Å². The van der Waals surface area contributed by atoms with Crippen LogP contribution in [-0.4, -0.2) is 65.6 Å². The van der Waals surface area contributed by atoms with Gasteiger partial charge in [0, 0.05) is 30.9 Å². The lowest BCUT2D eigenvalue weighted by Crippen LogP contribution is -2.43. The molecule has 1 N–H and O–H groups in total. The molecule has 0 unspecified atom stereocenters. The standard InChI is InChI=1S/C16H29N3OS/c20-16(17-13-15-6-4-12-21-15)19-10-3-5-14(7-11-19)18-8-1-2-9-18/h14-15H,1-13H2,(H,17,20)/t14-,15+/m1/s1. The lowest BCUT2D eigenvalue weighted by molar-refractivity contribution is 0.194. The number of likely N-dealkylation sites (tertiary alicyclic amines) is 2. The summed E-state index contributed by atoms with van der Waals surface area (Å²) in [5.74, 6) is 1.27. The fourth-order valence-electron chi connectivity index (χ4n) is 3.87. The molecule has 3 saturated heterocycles. The lowest BCUT2D eigenvalue weighted by atomic mass is 10.1. The van der Waals surface area contributed by atoms with Gasteiger partial charge in [-0.05, 0) is 63.8 Å². The van der Waals surface area contributed by atoms with Crippen LogP contribution in [0.1, 0.15) is 44.9 Å². The summed E-state index contributed by atoms with van der Waals surface area (Å²) in [6.45, 7) is 5.28. The summed E-state index contributed by atoms with van der Waals surface area (Å²) >= 11 is 2.01. The van der Waals surface area contributed by atoms with E-state index in [0.717, 1.165) is 38.5 Å². The number of hydrogen-bond donors (Lipinski definition) is 1. The number of amides is 2. The smallest absolute Gasteiger partial charge is 0.317 e. The van der Waals surface area contributed by atoms with E-state index >= 15 is 0 Å². The molecule has 120 valence electrons. The molecule has 5 heteroatoms. The summed E-state index contributed by atoms with van der Waals surface area (Å²) in [5, 5.41) is 3.81. The van der Waals surface area contributed by atoms with Crippen molar-refractivity contribution in [3.05, 3.63) is 0 Å². The first kappa shape index (κ1) is 15.5. The molecular formula is C16H29N3OS. The molecule has 3 rings (SSSR count). The molecule has 0 spiro atoms. The summed E-state index contributed by atoms with van der Waals surface area (Å²) in [4.78, 5) is 17.0. The van der Waals surface area contributed by atoms with Gasteiger partial charge in [-0.15, -0.1) is 0 Å². The number of carbonyl (C=O) groups excluding carboxylic acids is 1. The van der Waals surface area contributed by atoms with Gasteiger partial charge in [0.1, 0.15) is 0 Å². The number of nitrogens with one attached hydrogen (secondary N) is 1. The van der Waals surface area contributed by atoms with E-state index in [9.17, 15) is 4.79 Å². The highest BCUT2D eigenvalue weighted by molar-refractivity contribution is 8.00. The van der Waals surface area contributed by atoms with E-state index in [2.05, 4.69) is 15.1 Å². The molecule has 4 nitrogen and oxygen atoms in total. The molecule has 3 fully saturated rings. The third kappa shape index (κ3) is 4.28. The largest absolute Gasteiger partial charge is 0.337 e. The Kier molecular flexibility index (Phi) is 5.69. The zero-order chi connectivity index (χ0) is 14.5. The highest BCUT2D eigenvalue weighted by Crippen LogP contribution is 2.25. The summed E-state index contributed by atoms with van der Waals surface area (Å²) in [6.07, 6.45) is 8.88. The minimum absolute atomic E-state index is 0.171. The molecule has 0 aromatic rings. The molecule has 2 amide bonds. The fourth-order valence-corrected chi connectivity index (χ4v) is 5.07. The molecular weight excluding hydrogens is 282 g/mol. The highest BCUT2D eigenvalue weighted by Gasteiger charge is 2.26. The maximum absolute atomic E-state index is 12.3. The molecule has 3 aliphatic heterocycles. The van der Waals surface area contributed by atoms with Gasteiger partial charge in [0.15, 0.2) is 0 Å². The number of urea groups is 1. The quantitative estimate of drug-likeness (QED) is 0.870. The predicted molar refractivity (Wildman–Crippen MR) is 88.9 cm³/mol. The molecule has 0 aliphatic carbocycles. The van der Waals surface area contributed by atoms with Crippen LogP contribution in [-0.2, 0) is 0 Å². The second kappa shape index (κ2) is 7.73. The van der Waals surface area contributed by atoms with Gasteiger partial charge in [-0.2, -0.15) is 11.8 Å². The van der Waals surface area contributed by atoms with Crippen LogP contribution in [0.3, 0.4) is 0 Å². The zero-order valence-electron chi connectivity index (χ0n) is 13.1. The van der Waals surface area contributed by atoms with Crippen molar-refractivity contribution in [3.8, 4) is 0 Å². The van der Waals surface area contributed by atoms with Crippen molar-refractivity contribution in [2.24, 2.45) is 0 Å². The van der Waals surface area contributed by atoms with Crippen molar-refractivity contribution in [1.82, 2.24) is 15.1 Å². The van der Waals surface area contributed by atoms with Crippen molar-refractivity contribution >= 4 is 17.8 Å². The topological polar surface area (TPSA) is 35.6 Å². The van der Waals surface area contributed by atoms with E-state index in [4.69, 9.17) is 0 Å². The maximum atomic E-state index is 12.3. The molecule has 21 heavy (non-hydrogen) atoms. The Morgan fingerprint density at radius 1 is 1.00 bits per heavy atom. The molecule has 0 saturated carbocycles. The van der Waals surface area contributed by atoms with Gasteiger partial charge in [-0.1, -0.05) is 0 Å². The van der Waals surface area contributed by atoms with E-state index in [-0.39, 0.29) is 6.03 Å². The summed E-state index contributed by atoms with van der Waals surface area (Å²) < 4.78 is 0. The van der Waals surface area contributed by atoms with Crippen LogP contribution in [0.5, 0.6) is 0 Å². The molecule has 0 bridgehead atoms. The van der Waals surface area contributed by atoms with Crippen LogP contribution in [0.25, 0.3) is 0 Å². The van der Waals surface area contributed by atoms with Crippen molar-refractivity contribution in [1.29, 1.82) is 0 Å². The van der Waals surface area contributed by atoms with Crippen LogP contribution in [0.2, 0.25) is 0 Å². The van der Waals surface area contributed by atoms with Gasteiger partial charge < -0.3 is 15.1 Å². The second-order valence-electron chi connectivity index (χ2n) is 6.64. The molecule has 0 radical (unpaired) electrons. The van der Waals surface area contributed by atoms with Crippen molar-refractivity contribution in [2.45, 2.75) is 56.2 Å². The third-order valence-electron chi connectivity index (χ3n) is 5.15. The average molecular weight is 311 g/mol. The van der Waals surface area contributed by atoms with Crippen molar-refractivity contribution in [3.63, 3.8) is 0 Å². The SMILES string of the molecule is O=C(NC[C@@H]1CCCS1)N1CCC[C@@H](N2CCCC2)CC1. The molecule has 2 atom stereocenters. The Morgan fingerprint density at radius 3 is 2.62 bits per heavy atom. The maximum Gasteiger partial charge on any atom is 0.317 e. The van der Waals surface area contributed by atoms with Crippen LogP contribution >= 0.6 is 11.8 Å². The first-order valence-electron chi connectivity index (χ1n) is 8.71. The zero-order valence-corrected chi connectivity index (χ0v) is 13.9. The second-order valence-corrected chi connectivity index (χ2v) is 8.04. The van der Waals surface area contributed by atoms with Crippen LogP contribution in [0.15, 0.2) is 0 Å². The van der Waals surface area contributed by atoms with Gasteiger partial charge in [-0.3, -0.25) is 0 Å². The Balaban J connectivity index is 1.41. The highest BCUT2D eigenvalue weighted by atomic mass is 32.2. The minimum atomic E-state index is 0.171. The van der Waals surface area contributed by atoms with Gasteiger partial charge in [0.2, 0.25) is 0 Å². The number of rotatable bonds is 3. The Bertz CT molecular complexity index is 340. The average Bonchev–Trinajstić information content (AvgIpc) is 3.15. The van der Waals surface area contributed by atoms with E-state index in [1.165, 1.54) is 50.9 Å². The monoisotopic (exact) mass is 311 g/mol. The van der Waals surface area contributed by atoms with Crippen LogP contribution in [0, 0.1) is 0 Å². The number of carbonyl (C=O) groups is 1. The Morgan fingerprint density at radius 2 is 1.86 bits per heavy atom. The van der Waals surface area contributed by atoms with Gasteiger partial charge in [0.25, 0.3) is 0 Å². The van der Waals surface area contributed by atoms with Crippen molar-refractivity contribution < 1.29 is 4.79 Å². The lowest BCUT2D eigenvalue weighted by Gasteiger charge is -2.26. The number of thioether (sulfide) groups is 1. The molecule has 3 aliphatic rings. The predicted octanol–water partition coefficient (Wildman–Crippen LogP) is 2.54. The van der Waals surface area contributed by atoms with Gasteiger partial charge >= 0.3 is 6.03 Å². The first-order chi connectivity index (χ1) is 10.3. The Labute approximate surface area is 133 Å². The molecule has 3 heterocycles.